The van der Waals surface area contributed by atoms with E-state index in [0.29, 0.717) is 12.2 Å². The van der Waals surface area contributed by atoms with E-state index in [9.17, 15) is 4.79 Å². The standard InChI is InChI=1S/C12H15IO2/c1-2-3-4-8-12(14)15-11-7-5-6-10(13)9-11/h5-7,9H,2-4,8H2,1H3. The van der Waals surface area contributed by atoms with Crippen molar-refractivity contribution in [1.82, 2.24) is 0 Å². The molecule has 1 aromatic rings. The van der Waals surface area contributed by atoms with Gasteiger partial charge in [0.15, 0.2) is 0 Å². The lowest BCUT2D eigenvalue weighted by Crippen LogP contribution is -2.07. The Labute approximate surface area is 104 Å². The van der Waals surface area contributed by atoms with Crippen LogP contribution in [-0.4, -0.2) is 5.97 Å². The fourth-order valence-corrected chi connectivity index (χ4v) is 1.75. The van der Waals surface area contributed by atoms with Gasteiger partial charge in [0, 0.05) is 9.99 Å². The van der Waals surface area contributed by atoms with Crippen LogP contribution in [0.4, 0.5) is 0 Å². The summed E-state index contributed by atoms with van der Waals surface area (Å²) in [5.41, 5.74) is 0. The zero-order valence-corrected chi connectivity index (χ0v) is 11.0. The number of esters is 1. The largest absolute Gasteiger partial charge is 0.426 e. The molecular formula is C12H15IO2. The molecule has 0 amide bonds. The molecule has 0 saturated carbocycles. The maximum absolute atomic E-state index is 11.4. The van der Waals surface area contributed by atoms with Crippen LogP contribution in [0.2, 0.25) is 0 Å². The molecule has 0 unspecified atom stereocenters. The highest BCUT2D eigenvalue weighted by Crippen LogP contribution is 2.15. The number of carbonyl (C=O) groups is 1. The normalized spacial score (nSPS) is 10.0. The van der Waals surface area contributed by atoms with E-state index in [1.54, 1.807) is 6.07 Å². The van der Waals surface area contributed by atoms with Gasteiger partial charge < -0.3 is 4.74 Å². The van der Waals surface area contributed by atoms with Crippen LogP contribution in [0.15, 0.2) is 24.3 Å². The molecule has 3 heteroatoms. The smallest absolute Gasteiger partial charge is 0.311 e. The van der Waals surface area contributed by atoms with Crippen LogP contribution in [0.3, 0.4) is 0 Å². The maximum Gasteiger partial charge on any atom is 0.311 e. The van der Waals surface area contributed by atoms with E-state index in [-0.39, 0.29) is 5.97 Å². The van der Waals surface area contributed by atoms with Gasteiger partial charge in [0.25, 0.3) is 0 Å². The summed E-state index contributed by atoms with van der Waals surface area (Å²) < 4.78 is 6.27. The molecule has 0 fully saturated rings. The van der Waals surface area contributed by atoms with E-state index in [1.807, 2.05) is 18.2 Å². The molecule has 1 rings (SSSR count). The minimum atomic E-state index is -0.134. The molecule has 82 valence electrons. The molecule has 15 heavy (non-hydrogen) atoms. The van der Waals surface area contributed by atoms with Gasteiger partial charge in [-0.3, -0.25) is 4.79 Å². The quantitative estimate of drug-likeness (QED) is 0.357. The summed E-state index contributed by atoms with van der Waals surface area (Å²) in [6.45, 7) is 2.12. The monoisotopic (exact) mass is 318 g/mol. The molecule has 0 bridgehead atoms. The van der Waals surface area contributed by atoms with Crippen molar-refractivity contribution >= 4 is 28.6 Å². The van der Waals surface area contributed by atoms with Crippen molar-refractivity contribution in [3.8, 4) is 5.75 Å². The lowest BCUT2D eigenvalue weighted by atomic mass is 10.2. The number of halogens is 1. The van der Waals surface area contributed by atoms with Crippen LogP contribution in [0.5, 0.6) is 5.75 Å². The van der Waals surface area contributed by atoms with Crippen LogP contribution in [0.1, 0.15) is 32.6 Å². The molecule has 1 aromatic carbocycles. The summed E-state index contributed by atoms with van der Waals surface area (Å²) in [5.74, 6) is 0.508. The Hall–Kier alpha value is -0.580. The second-order valence-electron chi connectivity index (χ2n) is 3.39. The fraction of sp³-hybridized carbons (Fsp3) is 0.417. The van der Waals surface area contributed by atoms with Crippen molar-refractivity contribution in [2.24, 2.45) is 0 Å². The van der Waals surface area contributed by atoms with Crippen LogP contribution in [0.25, 0.3) is 0 Å². The molecule has 0 saturated heterocycles. The van der Waals surface area contributed by atoms with Crippen LogP contribution in [0, 0.1) is 3.57 Å². The summed E-state index contributed by atoms with van der Waals surface area (Å²) in [7, 11) is 0. The lowest BCUT2D eigenvalue weighted by molar-refractivity contribution is -0.134. The summed E-state index contributed by atoms with van der Waals surface area (Å²) in [5, 5.41) is 0. The van der Waals surface area contributed by atoms with Crippen LogP contribution in [-0.2, 0) is 4.79 Å². The molecule has 0 radical (unpaired) electrons. The average Bonchev–Trinajstić information content (AvgIpc) is 2.18. The number of benzene rings is 1. The molecule has 0 spiro atoms. The van der Waals surface area contributed by atoms with Crippen molar-refractivity contribution in [2.45, 2.75) is 32.6 Å². The minimum absolute atomic E-state index is 0.134. The van der Waals surface area contributed by atoms with Gasteiger partial charge in [0.2, 0.25) is 0 Å². The van der Waals surface area contributed by atoms with Crippen molar-refractivity contribution in [1.29, 1.82) is 0 Å². The van der Waals surface area contributed by atoms with Gasteiger partial charge in [-0.25, -0.2) is 0 Å². The van der Waals surface area contributed by atoms with Crippen molar-refractivity contribution < 1.29 is 9.53 Å². The SMILES string of the molecule is CCCCCC(=O)Oc1cccc(I)c1. The Morgan fingerprint density at radius 3 is 2.87 bits per heavy atom. The van der Waals surface area contributed by atoms with Gasteiger partial charge in [-0.1, -0.05) is 25.8 Å². The maximum atomic E-state index is 11.4. The third-order valence-electron chi connectivity index (χ3n) is 2.01. The molecule has 0 aliphatic rings. The Morgan fingerprint density at radius 2 is 2.20 bits per heavy atom. The van der Waals surface area contributed by atoms with Gasteiger partial charge in [-0.15, -0.1) is 0 Å². The molecular weight excluding hydrogens is 303 g/mol. The number of carbonyl (C=O) groups excluding carboxylic acids is 1. The van der Waals surface area contributed by atoms with Gasteiger partial charge in [-0.2, -0.15) is 0 Å². The number of hydrogen-bond donors (Lipinski definition) is 0. The van der Waals surface area contributed by atoms with Crippen molar-refractivity contribution in [2.75, 3.05) is 0 Å². The first-order chi connectivity index (χ1) is 7.22. The van der Waals surface area contributed by atoms with E-state index >= 15 is 0 Å². The molecule has 0 aliphatic carbocycles. The Morgan fingerprint density at radius 1 is 1.40 bits per heavy atom. The zero-order chi connectivity index (χ0) is 11.1. The van der Waals surface area contributed by atoms with Gasteiger partial charge in [-0.05, 0) is 47.2 Å². The molecule has 0 heterocycles. The topological polar surface area (TPSA) is 26.3 Å². The predicted molar refractivity (Wildman–Crippen MR) is 68.9 cm³/mol. The van der Waals surface area contributed by atoms with E-state index in [2.05, 4.69) is 29.5 Å². The highest BCUT2D eigenvalue weighted by Gasteiger charge is 2.04. The molecule has 0 aliphatic heterocycles. The van der Waals surface area contributed by atoms with Crippen LogP contribution < -0.4 is 4.74 Å². The predicted octanol–water partition coefficient (Wildman–Crippen LogP) is 3.78. The number of ether oxygens (including phenoxy) is 1. The fourth-order valence-electron chi connectivity index (χ4n) is 1.23. The minimum Gasteiger partial charge on any atom is -0.426 e. The van der Waals surface area contributed by atoms with E-state index in [1.165, 1.54) is 0 Å². The van der Waals surface area contributed by atoms with E-state index in [4.69, 9.17) is 4.74 Å². The second-order valence-corrected chi connectivity index (χ2v) is 4.63. The summed E-state index contributed by atoms with van der Waals surface area (Å²) in [6.07, 6.45) is 3.64. The first kappa shape index (κ1) is 12.5. The summed E-state index contributed by atoms with van der Waals surface area (Å²) >= 11 is 2.20. The zero-order valence-electron chi connectivity index (χ0n) is 8.83. The van der Waals surface area contributed by atoms with Gasteiger partial charge >= 0.3 is 5.97 Å². The average molecular weight is 318 g/mol. The number of hydrogen-bond acceptors (Lipinski definition) is 2. The number of rotatable bonds is 5. The van der Waals surface area contributed by atoms with Gasteiger partial charge in [0.05, 0.1) is 0 Å². The summed E-state index contributed by atoms with van der Waals surface area (Å²) in [4.78, 5) is 11.4. The highest BCUT2D eigenvalue weighted by atomic mass is 127. The molecule has 0 aromatic heterocycles. The lowest BCUT2D eigenvalue weighted by Gasteiger charge is -2.03. The Bertz CT molecular complexity index is 323. The highest BCUT2D eigenvalue weighted by molar-refractivity contribution is 14.1. The number of unbranched alkanes of at least 4 members (excludes halogenated alkanes) is 2. The summed E-state index contributed by atoms with van der Waals surface area (Å²) in [6, 6.07) is 7.52. The molecule has 0 N–H and O–H groups in total. The van der Waals surface area contributed by atoms with E-state index < -0.39 is 0 Å². The first-order valence-corrected chi connectivity index (χ1v) is 6.26. The third kappa shape index (κ3) is 5.16. The first-order valence-electron chi connectivity index (χ1n) is 5.18. The van der Waals surface area contributed by atoms with Gasteiger partial charge in [0.1, 0.15) is 5.75 Å². The van der Waals surface area contributed by atoms with Crippen molar-refractivity contribution in [3.63, 3.8) is 0 Å². The second kappa shape index (κ2) is 6.82. The van der Waals surface area contributed by atoms with Crippen LogP contribution >= 0.6 is 22.6 Å². The third-order valence-corrected chi connectivity index (χ3v) is 2.68. The Balaban J connectivity index is 2.37. The van der Waals surface area contributed by atoms with E-state index in [0.717, 1.165) is 22.8 Å². The molecule has 2 nitrogen and oxygen atoms in total. The van der Waals surface area contributed by atoms with Crippen molar-refractivity contribution in [3.05, 3.63) is 27.8 Å². The molecule has 0 atom stereocenters. The Kier molecular flexibility index (Phi) is 5.68.